The monoisotopic (exact) mass is 346 g/mol. The lowest BCUT2D eigenvalue weighted by Crippen LogP contribution is -2.32. The minimum Gasteiger partial charge on any atom is -0.463 e. The van der Waals surface area contributed by atoms with Crippen LogP contribution in [0, 0.1) is 0 Å². The molecule has 0 bridgehead atoms. The van der Waals surface area contributed by atoms with Crippen LogP contribution in [0.15, 0.2) is 30.6 Å². The zero-order valence-electron chi connectivity index (χ0n) is 16.2. The first-order valence-corrected chi connectivity index (χ1v) is 10.1. The van der Waals surface area contributed by atoms with Gasteiger partial charge in [0.05, 0.1) is 6.61 Å². The summed E-state index contributed by atoms with van der Waals surface area (Å²) in [5, 5.41) is 0. The first kappa shape index (κ1) is 21.4. The highest BCUT2D eigenvalue weighted by Crippen LogP contribution is 2.05. The molecule has 0 unspecified atom stereocenters. The van der Waals surface area contributed by atoms with Crippen molar-refractivity contribution in [2.75, 3.05) is 6.61 Å². The lowest BCUT2D eigenvalue weighted by molar-refractivity contribution is -0.697. The SMILES string of the molecule is CCCCCCCC[n+]1ccc(/C=C/C(=O)OCCCCCC)cc1. The predicted octanol–water partition coefficient (Wildman–Crippen LogP) is 5.47. The average molecular weight is 347 g/mol. The molecule has 0 spiro atoms. The number of hydrogen-bond donors (Lipinski definition) is 0. The Bertz CT molecular complexity index is 479. The standard InChI is InChI=1S/C22H36NO2/c1-3-5-7-9-10-11-17-23-18-15-21(16-19-23)13-14-22(24)25-20-12-8-6-4-2/h13-16,18-19H,3-12,17,20H2,1-2H3/q+1/b14-13+. The van der Waals surface area contributed by atoms with Crippen molar-refractivity contribution in [1.29, 1.82) is 0 Å². The molecule has 0 atom stereocenters. The van der Waals surface area contributed by atoms with Crippen molar-refractivity contribution < 1.29 is 14.1 Å². The molecule has 25 heavy (non-hydrogen) atoms. The highest BCUT2D eigenvalue weighted by atomic mass is 16.5. The van der Waals surface area contributed by atoms with Crippen LogP contribution >= 0.6 is 0 Å². The Kier molecular flexibility index (Phi) is 12.6. The van der Waals surface area contributed by atoms with Crippen LogP contribution in [0.4, 0.5) is 0 Å². The van der Waals surface area contributed by atoms with Crippen molar-refractivity contribution >= 4 is 12.0 Å². The maximum atomic E-state index is 11.7. The molecule has 0 aliphatic rings. The van der Waals surface area contributed by atoms with E-state index < -0.39 is 0 Å². The van der Waals surface area contributed by atoms with Crippen molar-refractivity contribution in [1.82, 2.24) is 0 Å². The van der Waals surface area contributed by atoms with Gasteiger partial charge >= 0.3 is 5.97 Å². The van der Waals surface area contributed by atoms with E-state index in [1.165, 1.54) is 57.4 Å². The molecule has 1 aromatic heterocycles. The van der Waals surface area contributed by atoms with Crippen molar-refractivity contribution in [2.45, 2.75) is 84.6 Å². The minimum atomic E-state index is -0.250. The molecule has 0 saturated heterocycles. The van der Waals surface area contributed by atoms with Crippen LogP contribution in [-0.4, -0.2) is 12.6 Å². The second kappa shape index (κ2) is 14.7. The van der Waals surface area contributed by atoms with Crippen molar-refractivity contribution in [3.8, 4) is 0 Å². The van der Waals surface area contributed by atoms with Gasteiger partial charge < -0.3 is 4.74 Å². The van der Waals surface area contributed by atoms with Gasteiger partial charge in [0, 0.05) is 24.6 Å². The first-order valence-electron chi connectivity index (χ1n) is 10.1. The molecule has 0 fully saturated rings. The summed E-state index contributed by atoms with van der Waals surface area (Å²) in [6.45, 7) is 6.01. The fourth-order valence-electron chi connectivity index (χ4n) is 2.72. The summed E-state index contributed by atoms with van der Waals surface area (Å²) >= 11 is 0. The Morgan fingerprint density at radius 3 is 2.20 bits per heavy atom. The van der Waals surface area contributed by atoms with Gasteiger partial charge in [-0.25, -0.2) is 9.36 Å². The van der Waals surface area contributed by atoms with E-state index in [-0.39, 0.29) is 5.97 Å². The third-order valence-corrected chi connectivity index (χ3v) is 4.34. The Morgan fingerprint density at radius 1 is 0.920 bits per heavy atom. The molecule has 0 N–H and O–H groups in total. The molecule has 3 nitrogen and oxygen atoms in total. The molecule has 140 valence electrons. The number of aryl methyl sites for hydroxylation is 1. The fraction of sp³-hybridized carbons (Fsp3) is 0.636. The number of carbonyl (C=O) groups is 1. The average Bonchev–Trinajstić information content (AvgIpc) is 2.63. The minimum absolute atomic E-state index is 0.250. The van der Waals surface area contributed by atoms with Crippen LogP contribution in [-0.2, 0) is 16.1 Å². The Balaban J connectivity index is 2.21. The molecule has 0 aliphatic heterocycles. The first-order chi connectivity index (χ1) is 12.3. The normalized spacial score (nSPS) is 11.1. The Labute approximate surface area is 154 Å². The number of pyridine rings is 1. The number of hydrogen-bond acceptors (Lipinski definition) is 2. The summed E-state index contributed by atoms with van der Waals surface area (Å²) in [5.74, 6) is -0.250. The van der Waals surface area contributed by atoms with Gasteiger partial charge in [0.15, 0.2) is 12.4 Å². The van der Waals surface area contributed by atoms with Gasteiger partial charge in [0.2, 0.25) is 0 Å². The molecule has 3 heteroatoms. The van der Waals surface area contributed by atoms with E-state index in [0.29, 0.717) is 6.61 Å². The van der Waals surface area contributed by atoms with Crippen LogP contribution in [0.2, 0.25) is 0 Å². The number of aromatic nitrogens is 1. The molecular formula is C22H36NO2+. The molecule has 0 aliphatic carbocycles. The largest absolute Gasteiger partial charge is 0.463 e. The second-order valence-electron chi connectivity index (χ2n) is 6.70. The molecule has 0 radical (unpaired) electrons. The van der Waals surface area contributed by atoms with Crippen LogP contribution in [0.3, 0.4) is 0 Å². The van der Waals surface area contributed by atoms with Crippen molar-refractivity contribution in [3.05, 3.63) is 36.2 Å². The van der Waals surface area contributed by atoms with Gasteiger partial charge in [-0.15, -0.1) is 0 Å². The van der Waals surface area contributed by atoms with E-state index in [9.17, 15) is 4.79 Å². The highest BCUT2D eigenvalue weighted by molar-refractivity contribution is 5.86. The third-order valence-electron chi connectivity index (χ3n) is 4.34. The van der Waals surface area contributed by atoms with Gasteiger partial charge in [-0.2, -0.15) is 0 Å². The molecular weight excluding hydrogens is 310 g/mol. The number of unbranched alkanes of at least 4 members (excludes halogenated alkanes) is 8. The van der Waals surface area contributed by atoms with Gasteiger partial charge in [-0.1, -0.05) is 58.8 Å². The van der Waals surface area contributed by atoms with E-state index in [0.717, 1.165) is 24.9 Å². The molecule has 0 aromatic carbocycles. The number of carbonyl (C=O) groups excluding carboxylic acids is 1. The van der Waals surface area contributed by atoms with Crippen LogP contribution < -0.4 is 4.57 Å². The van der Waals surface area contributed by atoms with Gasteiger partial charge in [0.25, 0.3) is 0 Å². The predicted molar refractivity (Wildman–Crippen MR) is 104 cm³/mol. The fourth-order valence-corrected chi connectivity index (χ4v) is 2.72. The van der Waals surface area contributed by atoms with E-state index in [4.69, 9.17) is 4.74 Å². The Hall–Kier alpha value is -1.64. The summed E-state index contributed by atoms with van der Waals surface area (Å²) in [6, 6.07) is 4.09. The summed E-state index contributed by atoms with van der Waals surface area (Å²) in [7, 11) is 0. The Morgan fingerprint density at radius 2 is 1.52 bits per heavy atom. The molecule has 1 aromatic rings. The summed E-state index contributed by atoms with van der Waals surface area (Å²) in [6.07, 6.45) is 19.9. The van der Waals surface area contributed by atoms with Gasteiger partial charge in [-0.05, 0) is 24.5 Å². The van der Waals surface area contributed by atoms with Gasteiger partial charge in [0.1, 0.15) is 6.54 Å². The smallest absolute Gasteiger partial charge is 0.330 e. The zero-order valence-corrected chi connectivity index (χ0v) is 16.2. The van der Waals surface area contributed by atoms with E-state index in [1.54, 1.807) is 0 Å². The molecule has 0 saturated carbocycles. The second-order valence-corrected chi connectivity index (χ2v) is 6.70. The molecule has 1 heterocycles. The maximum absolute atomic E-state index is 11.7. The number of ether oxygens (including phenoxy) is 1. The number of nitrogens with zero attached hydrogens (tertiary/aromatic N) is 1. The molecule has 1 rings (SSSR count). The van der Waals surface area contributed by atoms with Crippen molar-refractivity contribution in [2.24, 2.45) is 0 Å². The summed E-state index contributed by atoms with van der Waals surface area (Å²) in [5.41, 5.74) is 1.03. The maximum Gasteiger partial charge on any atom is 0.330 e. The van der Waals surface area contributed by atoms with E-state index >= 15 is 0 Å². The molecule has 0 amide bonds. The topological polar surface area (TPSA) is 30.2 Å². The number of rotatable bonds is 14. The lowest BCUT2D eigenvalue weighted by Gasteiger charge is -2.01. The highest BCUT2D eigenvalue weighted by Gasteiger charge is 2.01. The third kappa shape index (κ3) is 11.5. The number of esters is 1. The lowest BCUT2D eigenvalue weighted by atomic mass is 10.1. The summed E-state index contributed by atoms with van der Waals surface area (Å²) in [4.78, 5) is 11.7. The van der Waals surface area contributed by atoms with Crippen LogP contribution in [0.1, 0.15) is 83.6 Å². The zero-order chi connectivity index (χ0) is 18.2. The van der Waals surface area contributed by atoms with Crippen LogP contribution in [0.25, 0.3) is 6.08 Å². The van der Waals surface area contributed by atoms with Crippen molar-refractivity contribution in [3.63, 3.8) is 0 Å². The summed E-state index contributed by atoms with van der Waals surface area (Å²) < 4.78 is 7.41. The van der Waals surface area contributed by atoms with E-state index in [1.807, 2.05) is 18.2 Å². The quantitative estimate of drug-likeness (QED) is 0.193. The van der Waals surface area contributed by atoms with E-state index in [2.05, 4.69) is 30.8 Å². The van der Waals surface area contributed by atoms with Crippen LogP contribution in [0.5, 0.6) is 0 Å². The van der Waals surface area contributed by atoms with Gasteiger partial charge in [-0.3, -0.25) is 0 Å².